The number of piperidine rings is 1. The van der Waals surface area contributed by atoms with Crippen LogP contribution in [-0.4, -0.2) is 35.6 Å². The molecule has 170 valence electrons. The average molecular weight is 445 g/mol. The number of hydrogen-bond acceptors (Lipinski definition) is 6. The number of fused-ring (bicyclic) bond motifs is 3. The Kier molecular flexibility index (Phi) is 6.11. The van der Waals surface area contributed by atoms with E-state index < -0.39 is 0 Å². The molecule has 1 fully saturated rings. The molecule has 0 bridgehead atoms. The van der Waals surface area contributed by atoms with Crippen LogP contribution in [0.2, 0.25) is 0 Å². The second-order valence-corrected chi connectivity index (χ2v) is 8.47. The number of nitrogens with one attached hydrogen (secondary N) is 1. The van der Waals surface area contributed by atoms with E-state index in [0.717, 1.165) is 59.4 Å². The number of ether oxygens (including phenoxy) is 1. The zero-order chi connectivity index (χ0) is 22.6. The summed E-state index contributed by atoms with van der Waals surface area (Å²) in [5, 5.41) is 4.08. The zero-order valence-corrected chi connectivity index (χ0v) is 18.8. The molecular weight excluding hydrogens is 416 g/mol. The van der Waals surface area contributed by atoms with Gasteiger partial charge in [-0.1, -0.05) is 31.2 Å². The fourth-order valence-electron chi connectivity index (χ4n) is 4.38. The van der Waals surface area contributed by atoms with Crippen LogP contribution in [0.4, 0.5) is 5.82 Å². The maximum Gasteiger partial charge on any atom is 0.225 e. The van der Waals surface area contributed by atoms with E-state index >= 15 is 0 Å². The van der Waals surface area contributed by atoms with Gasteiger partial charge in [-0.2, -0.15) is 0 Å². The van der Waals surface area contributed by atoms with Gasteiger partial charge in [0.15, 0.2) is 11.4 Å². The van der Waals surface area contributed by atoms with Gasteiger partial charge in [0.25, 0.3) is 0 Å². The van der Waals surface area contributed by atoms with Gasteiger partial charge in [0, 0.05) is 25.0 Å². The molecule has 2 aromatic carbocycles. The maximum atomic E-state index is 12.9. The maximum absolute atomic E-state index is 12.9. The molecule has 1 aliphatic rings. The van der Waals surface area contributed by atoms with Crippen molar-refractivity contribution in [1.82, 2.24) is 15.3 Å². The largest absolute Gasteiger partial charge is 0.494 e. The third kappa shape index (κ3) is 4.49. The standard InChI is InChI=1S/C26H28N4O3/c1-2-14-32-20-11-9-18(10-12-20)15-27-26(31)19-6-5-13-30(16-19)25-24-23(28-17-29-25)21-7-3-4-8-22(21)33-24/h3-4,7-12,17,19H,2,5-6,13-16H2,1H3,(H,27,31)/t19-/m0/s1. The average Bonchev–Trinajstić information content (AvgIpc) is 3.25. The SMILES string of the molecule is CCCOc1ccc(CNC(=O)[C@H]2CCCN(c3ncnc4c3oc3ccccc34)C2)cc1. The van der Waals surface area contributed by atoms with Crippen LogP contribution >= 0.6 is 0 Å². The molecule has 1 atom stereocenters. The van der Waals surface area contributed by atoms with Crippen LogP contribution in [0.25, 0.3) is 22.1 Å². The third-order valence-electron chi connectivity index (χ3n) is 6.09. The number of carbonyl (C=O) groups excluding carboxylic acids is 1. The summed E-state index contributed by atoms with van der Waals surface area (Å²) in [6.07, 6.45) is 4.35. The van der Waals surface area contributed by atoms with Gasteiger partial charge >= 0.3 is 0 Å². The minimum Gasteiger partial charge on any atom is -0.494 e. The Labute approximate surface area is 192 Å². The minimum atomic E-state index is -0.0969. The quantitative estimate of drug-likeness (QED) is 0.445. The van der Waals surface area contributed by atoms with Crippen LogP contribution in [0.15, 0.2) is 59.3 Å². The van der Waals surface area contributed by atoms with Gasteiger partial charge in [-0.15, -0.1) is 0 Å². The first-order valence-electron chi connectivity index (χ1n) is 11.6. The van der Waals surface area contributed by atoms with Crippen LogP contribution in [-0.2, 0) is 11.3 Å². The molecule has 1 N–H and O–H groups in total. The predicted molar refractivity (Wildman–Crippen MR) is 128 cm³/mol. The van der Waals surface area contributed by atoms with Crippen molar-refractivity contribution < 1.29 is 13.9 Å². The fourth-order valence-corrected chi connectivity index (χ4v) is 4.38. The van der Waals surface area contributed by atoms with Crippen molar-refractivity contribution in [3.05, 3.63) is 60.4 Å². The van der Waals surface area contributed by atoms with Crippen molar-refractivity contribution in [2.24, 2.45) is 5.92 Å². The van der Waals surface area contributed by atoms with Crippen LogP contribution in [0.1, 0.15) is 31.7 Å². The smallest absolute Gasteiger partial charge is 0.225 e. The summed E-state index contributed by atoms with van der Waals surface area (Å²) in [6, 6.07) is 15.8. The van der Waals surface area contributed by atoms with E-state index in [2.05, 4.69) is 27.1 Å². The molecular formula is C26H28N4O3. The van der Waals surface area contributed by atoms with Crippen LogP contribution in [0.3, 0.4) is 0 Å². The number of aromatic nitrogens is 2. The number of furan rings is 1. The Morgan fingerprint density at radius 3 is 2.88 bits per heavy atom. The van der Waals surface area contributed by atoms with Crippen LogP contribution < -0.4 is 15.0 Å². The van der Waals surface area contributed by atoms with Crippen molar-refractivity contribution in [3.63, 3.8) is 0 Å². The Bertz CT molecular complexity index is 1250. The summed E-state index contributed by atoms with van der Waals surface area (Å²) in [5.41, 5.74) is 3.35. The van der Waals surface area contributed by atoms with Gasteiger partial charge in [-0.05, 0) is 49.1 Å². The van der Waals surface area contributed by atoms with E-state index in [1.54, 1.807) is 6.33 Å². The fraction of sp³-hybridized carbons (Fsp3) is 0.346. The number of benzene rings is 2. The van der Waals surface area contributed by atoms with E-state index in [0.29, 0.717) is 25.3 Å². The summed E-state index contributed by atoms with van der Waals surface area (Å²) in [5.74, 6) is 1.59. The third-order valence-corrected chi connectivity index (χ3v) is 6.09. The van der Waals surface area contributed by atoms with Gasteiger partial charge in [0.05, 0.1) is 12.5 Å². The highest BCUT2D eigenvalue weighted by molar-refractivity contribution is 6.05. The first-order chi connectivity index (χ1) is 16.2. The van der Waals surface area contributed by atoms with E-state index in [4.69, 9.17) is 9.15 Å². The van der Waals surface area contributed by atoms with Crippen LogP contribution in [0.5, 0.6) is 5.75 Å². The number of hydrogen-bond donors (Lipinski definition) is 1. The number of para-hydroxylation sites is 1. The molecule has 1 amide bonds. The van der Waals surface area contributed by atoms with Gasteiger partial charge in [-0.3, -0.25) is 4.79 Å². The van der Waals surface area contributed by atoms with E-state index in [1.807, 2.05) is 48.5 Å². The van der Waals surface area contributed by atoms with Crippen molar-refractivity contribution >= 4 is 33.8 Å². The van der Waals surface area contributed by atoms with Gasteiger partial charge < -0.3 is 19.4 Å². The molecule has 7 heteroatoms. The molecule has 1 aliphatic heterocycles. The topological polar surface area (TPSA) is 80.5 Å². The summed E-state index contributed by atoms with van der Waals surface area (Å²) in [4.78, 5) is 24.1. The Morgan fingerprint density at radius 1 is 1.18 bits per heavy atom. The number of carbonyl (C=O) groups is 1. The summed E-state index contributed by atoms with van der Waals surface area (Å²) >= 11 is 0. The highest BCUT2D eigenvalue weighted by Crippen LogP contribution is 2.33. The predicted octanol–water partition coefficient (Wildman–Crippen LogP) is 4.70. The number of anilines is 1. The Hall–Kier alpha value is -3.61. The molecule has 5 rings (SSSR count). The van der Waals surface area contributed by atoms with Crippen molar-refractivity contribution in [3.8, 4) is 5.75 Å². The summed E-state index contributed by atoms with van der Waals surface area (Å²) < 4.78 is 11.7. The van der Waals surface area contributed by atoms with Crippen molar-refractivity contribution in [1.29, 1.82) is 0 Å². The summed E-state index contributed by atoms with van der Waals surface area (Å²) in [6.45, 7) is 4.75. The number of nitrogens with zero attached hydrogens (tertiary/aromatic N) is 3. The zero-order valence-electron chi connectivity index (χ0n) is 18.8. The first kappa shape index (κ1) is 21.2. The van der Waals surface area contributed by atoms with E-state index in [-0.39, 0.29) is 11.8 Å². The monoisotopic (exact) mass is 444 g/mol. The normalized spacial score (nSPS) is 16.3. The molecule has 3 heterocycles. The molecule has 7 nitrogen and oxygen atoms in total. The first-order valence-corrected chi connectivity index (χ1v) is 11.6. The molecule has 0 aliphatic carbocycles. The molecule has 0 radical (unpaired) electrons. The summed E-state index contributed by atoms with van der Waals surface area (Å²) in [7, 11) is 0. The highest BCUT2D eigenvalue weighted by atomic mass is 16.5. The molecule has 1 saturated heterocycles. The van der Waals surface area contributed by atoms with Gasteiger partial charge in [0.2, 0.25) is 5.91 Å². The van der Waals surface area contributed by atoms with Gasteiger partial charge in [-0.25, -0.2) is 9.97 Å². The van der Waals surface area contributed by atoms with E-state index in [9.17, 15) is 4.79 Å². The van der Waals surface area contributed by atoms with Gasteiger partial charge in [0.1, 0.15) is 23.2 Å². The van der Waals surface area contributed by atoms with Crippen molar-refractivity contribution in [2.75, 3.05) is 24.6 Å². The lowest BCUT2D eigenvalue weighted by Gasteiger charge is -2.32. The van der Waals surface area contributed by atoms with Crippen LogP contribution in [0, 0.1) is 5.92 Å². The number of rotatable bonds is 7. The lowest BCUT2D eigenvalue weighted by atomic mass is 9.97. The lowest BCUT2D eigenvalue weighted by molar-refractivity contribution is -0.125. The molecule has 0 unspecified atom stereocenters. The second kappa shape index (κ2) is 9.48. The second-order valence-electron chi connectivity index (χ2n) is 8.47. The molecule has 2 aromatic heterocycles. The highest BCUT2D eigenvalue weighted by Gasteiger charge is 2.28. The Morgan fingerprint density at radius 2 is 2.03 bits per heavy atom. The molecule has 0 spiro atoms. The minimum absolute atomic E-state index is 0.0703. The molecule has 0 saturated carbocycles. The Balaban J connectivity index is 1.26. The van der Waals surface area contributed by atoms with Crippen molar-refractivity contribution in [2.45, 2.75) is 32.7 Å². The van der Waals surface area contributed by atoms with E-state index in [1.165, 1.54) is 0 Å². The molecule has 33 heavy (non-hydrogen) atoms. The lowest BCUT2D eigenvalue weighted by Crippen LogP contribution is -2.43. The molecule has 4 aromatic rings. The number of amides is 1.